The van der Waals surface area contributed by atoms with Crippen LogP contribution < -0.4 is 10.2 Å². The lowest BCUT2D eigenvalue weighted by molar-refractivity contribution is 0.311. The molecule has 0 aliphatic carbocycles. The van der Waals surface area contributed by atoms with Crippen LogP contribution in [0.25, 0.3) is 10.1 Å². The average molecular weight is 389 g/mol. The molecular formula is C20H25ClN4S. The van der Waals surface area contributed by atoms with Gasteiger partial charge in [-0.2, -0.15) is 0 Å². The first kappa shape index (κ1) is 19.1. The summed E-state index contributed by atoms with van der Waals surface area (Å²) < 4.78 is 1.36. The van der Waals surface area contributed by atoms with Gasteiger partial charge in [0.1, 0.15) is 5.82 Å². The highest BCUT2D eigenvalue weighted by atomic mass is 35.5. The topological polar surface area (TPSA) is 31.4 Å². The molecule has 1 aliphatic rings. The molecule has 1 fully saturated rings. The van der Waals surface area contributed by atoms with Crippen LogP contribution in [-0.4, -0.2) is 43.1 Å². The zero-order valence-electron chi connectivity index (χ0n) is 15.0. The maximum absolute atomic E-state index is 4.66. The Balaban J connectivity index is 0.00000196. The van der Waals surface area contributed by atoms with Crippen LogP contribution in [0, 0.1) is 0 Å². The van der Waals surface area contributed by atoms with Crippen LogP contribution in [-0.2, 0) is 13.1 Å². The summed E-state index contributed by atoms with van der Waals surface area (Å²) in [7, 11) is 2.18. The molecule has 0 bridgehead atoms. The molecule has 26 heavy (non-hydrogen) atoms. The first-order valence-corrected chi connectivity index (χ1v) is 9.72. The van der Waals surface area contributed by atoms with E-state index in [2.05, 4.69) is 62.9 Å². The molecule has 6 heteroatoms. The number of pyridine rings is 1. The molecule has 2 aromatic heterocycles. The van der Waals surface area contributed by atoms with E-state index in [4.69, 9.17) is 0 Å². The van der Waals surface area contributed by atoms with Gasteiger partial charge in [0.2, 0.25) is 0 Å². The number of anilines is 1. The van der Waals surface area contributed by atoms with Crippen LogP contribution in [0.1, 0.15) is 11.1 Å². The predicted molar refractivity (Wildman–Crippen MR) is 114 cm³/mol. The Morgan fingerprint density at radius 1 is 1.00 bits per heavy atom. The third-order valence-corrected chi connectivity index (χ3v) is 5.87. The number of hydrogen-bond acceptors (Lipinski definition) is 5. The third kappa shape index (κ3) is 4.18. The van der Waals surface area contributed by atoms with Crippen molar-refractivity contribution in [2.24, 2.45) is 0 Å². The van der Waals surface area contributed by atoms with Crippen molar-refractivity contribution in [1.82, 2.24) is 15.2 Å². The van der Waals surface area contributed by atoms with Crippen LogP contribution in [0.2, 0.25) is 0 Å². The number of fused-ring (bicyclic) bond motifs is 1. The van der Waals surface area contributed by atoms with E-state index in [0.29, 0.717) is 0 Å². The summed E-state index contributed by atoms with van der Waals surface area (Å²) in [5, 5.41) is 7.25. The Labute approximate surface area is 165 Å². The summed E-state index contributed by atoms with van der Waals surface area (Å²) in [5.41, 5.74) is 2.66. The Morgan fingerprint density at radius 3 is 2.62 bits per heavy atom. The van der Waals surface area contributed by atoms with Gasteiger partial charge in [0.05, 0.1) is 0 Å². The molecule has 0 spiro atoms. The molecule has 138 valence electrons. The second-order valence-electron chi connectivity index (χ2n) is 6.64. The van der Waals surface area contributed by atoms with Crippen molar-refractivity contribution in [3.8, 4) is 0 Å². The third-order valence-electron chi connectivity index (χ3n) is 4.86. The van der Waals surface area contributed by atoms with Crippen molar-refractivity contribution in [2.45, 2.75) is 13.1 Å². The molecule has 4 rings (SSSR count). The summed E-state index contributed by atoms with van der Waals surface area (Å²) in [6.07, 6.45) is 1.91. The minimum Gasteiger partial charge on any atom is -0.354 e. The van der Waals surface area contributed by atoms with Crippen LogP contribution in [0.15, 0.2) is 48.0 Å². The van der Waals surface area contributed by atoms with E-state index in [1.54, 1.807) is 0 Å². The van der Waals surface area contributed by atoms with Gasteiger partial charge >= 0.3 is 0 Å². The summed E-state index contributed by atoms with van der Waals surface area (Å²) in [5.74, 6) is 1.14. The van der Waals surface area contributed by atoms with Gasteiger partial charge in [-0.3, -0.25) is 0 Å². The van der Waals surface area contributed by atoms with Gasteiger partial charge in [-0.15, -0.1) is 23.7 Å². The van der Waals surface area contributed by atoms with E-state index >= 15 is 0 Å². The van der Waals surface area contributed by atoms with Crippen molar-refractivity contribution in [3.05, 3.63) is 59.1 Å². The maximum Gasteiger partial charge on any atom is 0.133 e. The van der Waals surface area contributed by atoms with Gasteiger partial charge < -0.3 is 15.1 Å². The Kier molecular flexibility index (Phi) is 6.48. The molecule has 3 aromatic rings. The van der Waals surface area contributed by atoms with Crippen LogP contribution >= 0.6 is 23.7 Å². The molecule has 1 aliphatic heterocycles. The molecule has 0 radical (unpaired) electrons. The normalized spacial score (nSPS) is 15.2. The number of hydrogen-bond donors (Lipinski definition) is 1. The summed E-state index contributed by atoms with van der Waals surface area (Å²) in [6, 6.07) is 12.9. The van der Waals surface area contributed by atoms with Gasteiger partial charge in [-0.1, -0.05) is 24.3 Å². The molecule has 0 atom stereocenters. The molecule has 0 amide bonds. The standard InChI is InChI=1S/C20H24N4S.ClH/c1-23-9-11-24(12-10-23)20-16(5-4-8-22-20)13-21-14-17-15-25-19-7-3-2-6-18(17)19;/h2-8,15,21H,9-14H2,1H3;1H. The number of rotatable bonds is 5. The molecule has 1 saturated heterocycles. The fourth-order valence-corrected chi connectivity index (χ4v) is 4.34. The van der Waals surface area contributed by atoms with Crippen molar-refractivity contribution in [2.75, 3.05) is 38.1 Å². The lowest BCUT2D eigenvalue weighted by Crippen LogP contribution is -2.45. The highest BCUT2D eigenvalue weighted by Crippen LogP contribution is 2.25. The second-order valence-corrected chi connectivity index (χ2v) is 7.55. The largest absolute Gasteiger partial charge is 0.354 e. The number of nitrogens with zero attached hydrogens (tertiary/aromatic N) is 3. The predicted octanol–water partition coefficient (Wildman–Crippen LogP) is 3.76. The fourth-order valence-electron chi connectivity index (χ4n) is 3.37. The number of piperazine rings is 1. The van der Waals surface area contributed by atoms with Crippen molar-refractivity contribution in [1.29, 1.82) is 0 Å². The van der Waals surface area contributed by atoms with E-state index in [-0.39, 0.29) is 12.4 Å². The van der Waals surface area contributed by atoms with Gasteiger partial charge in [-0.05, 0) is 35.5 Å². The highest BCUT2D eigenvalue weighted by Gasteiger charge is 2.17. The highest BCUT2D eigenvalue weighted by molar-refractivity contribution is 7.17. The van der Waals surface area contributed by atoms with Gasteiger partial charge in [0.15, 0.2) is 0 Å². The maximum atomic E-state index is 4.66. The first-order chi connectivity index (χ1) is 12.3. The van der Waals surface area contributed by atoms with Crippen LogP contribution in [0.4, 0.5) is 5.82 Å². The number of benzene rings is 1. The molecular weight excluding hydrogens is 364 g/mol. The SMILES string of the molecule is CN1CCN(c2ncccc2CNCc2csc3ccccc23)CC1.Cl. The minimum atomic E-state index is 0. The second kappa shape index (κ2) is 8.82. The van der Waals surface area contributed by atoms with Crippen LogP contribution in [0.3, 0.4) is 0 Å². The lowest BCUT2D eigenvalue weighted by atomic mass is 10.1. The molecule has 3 heterocycles. The molecule has 0 saturated carbocycles. The monoisotopic (exact) mass is 388 g/mol. The van der Waals surface area contributed by atoms with Crippen LogP contribution in [0.5, 0.6) is 0 Å². The Bertz CT molecular complexity index is 842. The van der Waals surface area contributed by atoms with Crippen molar-refractivity contribution in [3.63, 3.8) is 0 Å². The quantitative estimate of drug-likeness (QED) is 0.721. The Hall–Kier alpha value is -1.66. The number of likely N-dealkylation sites (N-methyl/N-ethyl adjacent to an activating group) is 1. The number of aromatic nitrogens is 1. The van der Waals surface area contributed by atoms with Crippen molar-refractivity contribution < 1.29 is 0 Å². The number of halogens is 1. The van der Waals surface area contributed by atoms with E-state index in [1.165, 1.54) is 21.2 Å². The first-order valence-electron chi connectivity index (χ1n) is 8.84. The van der Waals surface area contributed by atoms with Crippen molar-refractivity contribution >= 4 is 39.6 Å². The number of nitrogens with one attached hydrogen (secondary N) is 1. The lowest BCUT2D eigenvalue weighted by Gasteiger charge is -2.34. The van der Waals surface area contributed by atoms with E-state index in [1.807, 2.05) is 23.6 Å². The zero-order chi connectivity index (χ0) is 17.1. The summed E-state index contributed by atoms with van der Waals surface area (Å²) >= 11 is 1.82. The van der Waals surface area contributed by atoms with E-state index in [0.717, 1.165) is 45.1 Å². The summed E-state index contributed by atoms with van der Waals surface area (Å²) in [4.78, 5) is 9.45. The zero-order valence-corrected chi connectivity index (χ0v) is 16.7. The Morgan fingerprint density at radius 2 is 1.77 bits per heavy atom. The minimum absolute atomic E-state index is 0. The average Bonchev–Trinajstić information content (AvgIpc) is 3.06. The molecule has 0 unspecified atom stereocenters. The van der Waals surface area contributed by atoms with E-state index < -0.39 is 0 Å². The fraction of sp³-hybridized carbons (Fsp3) is 0.350. The van der Waals surface area contributed by atoms with E-state index in [9.17, 15) is 0 Å². The number of thiophene rings is 1. The smallest absolute Gasteiger partial charge is 0.133 e. The molecule has 1 aromatic carbocycles. The van der Waals surface area contributed by atoms with Gasteiger partial charge in [-0.25, -0.2) is 4.98 Å². The van der Waals surface area contributed by atoms with Gasteiger partial charge in [0.25, 0.3) is 0 Å². The molecule has 1 N–H and O–H groups in total. The summed E-state index contributed by atoms with van der Waals surface area (Å²) in [6.45, 7) is 6.04. The van der Waals surface area contributed by atoms with Gasteiger partial charge in [0, 0.05) is 55.7 Å². The molecule has 4 nitrogen and oxygen atoms in total.